The van der Waals surface area contributed by atoms with Crippen LogP contribution in [0.1, 0.15) is 61.2 Å². The number of nitrogens with zero attached hydrogens (tertiary/aromatic N) is 1. The summed E-state index contributed by atoms with van der Waals surface area (Å²) >= 11 is 1.81. The second-order valence-corrected chi connectivity index (χ2v) is 6.94. The average molecular weight is 252 g/mol. The first-order chi connectivity index (χ1) is 8.06. The van der Waals surface area contributed by atoms with Gasteiger partial charge in [0.05, 0.1) is 10.7 Å². The second-order valence-electron chi connectivity index (χ2n) is 5.53. The van der Waals surface area contributed by atoms with Crippen molar-refractivity contribution in [1.82, 2.24) is 10.3 Å². The molecule has 1 saturated carbocycles. The molecule has 0 aromatic carbocycles. The van der Waals surface area contributed by atoms with Gasteiger partial charge in [-0.15, -0.1) is 11.3 Å². The van der Waals surface area contributed by atoms with E-state index in [1.165, 1.54) is 41.3 Å². The maximum atomic E-state index is 4.65. The number of hydrogen-bond acceptors (Lipinski definition) is 3. The number of aromatic nitrogens is 1. The zero-order chi connectivity index (χ0) is 12.4. The molecular weight excluding hydrogens is 228 g/mol. The van der Waals surface area contributed by atoms with Gasteiger partial charge >= 0.3 is 0 Å². The summed E-state index contributed by atoms with van der Waals surface area (Å²) in [5, 5.41) is 4.95. The first-order valence-corrected chi connectivity index (χ1v) is 7.58. The molecule has 1 fully saturated rings. The SMILES string of the molecule is Cc1nc(C(C)NC2CCCC(C)C2)c(C)s1. The largest absolute Gasteiger partial charge is 0.306 e. The third-order valence-electron chi connectivity index (χ3n) is 3.77. The van der Waals surface area contributed by atoms with Crippen LogP contribution in [0.3, 0.4) is 0 Å². The van der Waals surface area contributed by atoms with Crippen LogP contribution in [0, 0.1) is 19.8 Å². The fourth-order valence-corrected chi connectivity index (χ4v) is 3.88. The molecule has 1 aromatic rings. The van der Waals surface area contributed by atoms with E-state index in [2.05, 4.69) is 38.0 Å². The molecule has 96 valence electrons. The molecule has 17 heavy (non-hydrogen) atoms. The summed E-state index contributed by atoms with van der Waals surface area (Å²) in [4.78, 5) is 6.02. The smallest absolute Gasteiger partial charge is 0.0900 e. The van der Waals surface area contributed by atoms with E-state index in [4.69, 9.17) is 0 Å². The summed E-state index contributed by atoms with van der Waals surface area (Å²) in [5.74, 6) is 0.881. The summed E-state index contributed by atoms with van der Waals surface area (Å²) in [7, 11) is 0. The predicted octanol–water partition coefficient (Wildman–Crippen LogP) is 3.99. The van der Waals surface area contributed by atoms with Gasteiger partial charge in [-0.1, -0.05) is 19.8 Å². The lowest BCUT2D eigenvalue weighted by Crippen LogP contribution is -2.35. The van der Waals surface area contributed by atoms with Gasteiger partial charge in [0.25, 0.3) is 0 Å². The van der Waals surface area contributed by atoms with E-state index < -0.39 is 0 Å². The lowest BCUT2D eigenvalue weighted by atomic mass is 9.86. The van der Waals surface area contributed by atoms with Crippen molar-refractivity contribution < 1.29 is 0 Å². The molecule has 1 aliphatic rings. The molecule has 3 unspecified atom stereocenters. The molecule has 3 atom stereocenters. The Morgan fingerprint density at radius 2 is 2.12 bits per heavy atom. The highest BCUT2D eigenvalue weighted by molar-refractivity contribution is 7.11. The van der Waals surface area contributed by atoms with Gasteiger partial charge in [0.1, 0.15) is 0 Å². The van der Waals surface area contributed by atoms with Crippen molar-refractivity contribution in [3.8, 4) is 0 Å². The van der Waals surface area contributed by atoms with Gasteiger partial charge < -0.3 is 5.32 Å². The van der Waals surface area contributed by atoms with E-state index in [9.17, 15) is 0 Å². The van der Waals surface area contributed by atoms with Crippen LogP contribution in [0.15, 0.2) is 0 Å². The highest BCUT2D eigenvalue weighted by Crippen LogP contribution is 2.27. The second kappa shape index (κ2) is 5.49. The van der Waals surface area contributed by atoms with Gasteiger partial charge in [0, 0.05) is 17.0 Å². The number of rotatable bonds is 3. The molecule has 2 rings (SSSR count). The van der Waals surface area contributed by atoms with Crippen LogP contribution < -0.4 is 5.32 Å². The van der Waals surface area contributed by atoms with E-state index in [0.717, 1.165) is 5.92 Å². The Kier molecular flexibility index (Phi) is 4.21. The Balaban J connectivity index is 1.96. The average Bonchev–Trinajstić information content (AvgIpc) is 2.58. The maximum Gasteiger partial charge on any atom is 0.0900 e. The molecule has 0 amide bonds. The van der Waals surface area contributed by atoms with Crippen molar-refractivity contribution in [2.75, 3.05) is 0 Å². The van der Waals surface area contributed by atoms with E-state index in [1.807, 2.05) is 11.3 Å². The minimum absolute atomic E-state index is 0.398. The molecule has 1 aliphatic carbocycles. The van der Waals surface area contributed by atoms with E-state index >= 15 is 0 Å². The van der Waals surface area contributed by atoms with Gasteiger partial charge in [-0.25, -0.2) is 4.98 Å². The first-order valence-electron chi connectivity index (χ1n) is 6.76. The molecule has 0 radical (unpaired) electrons. The van der Waals surface area contributed by atoms with Gasteiger partial charge in [-0.3, -0.25) is 0 Å². The van der Waals surface area contributed by atoms with Crippen LogP contribution in [0.4, 0.5) is 0 Å². The minimum atomic E-state index is 0.398. The lowest BCUT2D eigenvalue weighted by molar-refractivity contribution is 0.284. The van der Waals surface area contributed by atoms with Crippen molar-refractivity contribution >= 4 is 11.3 Å². The summed E-state index contributed by atoms with van der Waals surface area (Å²) in [6.07, 6.45) is 5.44. The van der Waals surface area contributed by atoms with Crippen LogP contribution in [0.25, 0.3) is 0 Å². The molecule has 1 N–H and O–H groups in total. The van der Waals surface area contributed by atoms with Crippen LogP contribution in [0.5, 0.6) is 0 Å². The number of hydrogen-bond donors (Lipinski definition) is 1. The van der Waals surface area contributed by atoms with Gasteiger partial charge in [-0.2, -0.15) is 0 Å². The summed E-state index contributed by atoms with van der Waals surface area (Å²) in [6, 6.07) is 1.09. The number of aryl methyl sites for hydroxylation is 2. The zero-order valence-corrected chi connectivity index (χ0v) is 12.2. The van der Waals surface area contributed by atoms with Crippen molar-refractivity contribution in [2.45, 2.75) is 65.5 Å². The normalized spacial score (nSPS) is 27.1. The Morgan fingerprint density at radius 1 is 1.35 bits per heavy atom. The third kappa shape index (κ3) is 3.29. The number of thiazole rings is 1. The molecule has 1 heterocycles. The summed E-state index contributed by atoms with van der Waals surface area (Å²) < 4.78 is 0. The van der Waals surface area contributed by atoms with Crippen molar-refractivity contribution in [1.29, 1.82) is 0 Å². The fourth-order valence-electron chi connectivity index (χ4n) is 2.96. The molecule has 1 aromatic heterocycles. The lowest BCUT2D eigenvalue weighted by Gasteiger charge is -2.30. The van der Waals surface area contributed by atoms with E-state index in [0.29, 0.717) is 12.1 Å². The summed E-state index contributed by atoms with van der Waals surface area (Å²) in [5.41, 5.74) is 1.26. The number of nitrogens with one attached hydrogen (secondary N) is 1. The molecule has 0 saturated heterocycles. The Labute approximate surface area is 109 Å². The Hall–Kier alpha value is -0.410. The molecule has 0 aliphatic heterocycles. The van der Waals surface area contributed by atoms with Crippen LogP contribution in [-0.2, 0) is 0 Å². The highest BCUT2D eigenvalue weighted by atomic mass is 32.1. The summed E-state index contributed by atoms with van der Waals surface area (Å²) in [6.45, 7) is 8.90. The minimum Gasteiger partial charge on any atom is -0.306 e. The van der Waals surface area contributed by atoms with Crippen LogP contribution in [-0.4, -0.2) is 11.0 Å². The van der Waals surface area contributed by atoms with E-state index in [-0.39, 0.29) is 0 Å². The highest BCUT2D eigenvalue weighted by Gasteiger charge is 2.22. The van der Waals surface area contributed by atoms with Crippen molar-refractivity contribution in [3.63, 3.8) is 0 Å². The topological polar surface area (TPSA) is 24.9 Å². The molecule has 2 nitrogen and oxygen atoms in total. The fraction of sp³-hybridized carbons (Fsp3) is 0.786. The predicted molar refractivity (Wildman–Crippen MR) is 74.6 cm³/mol. The quantitative estimate of drug-likeness (QED) is 0.880. The zero-order valence-electron chi connectivity index (χ0n) is 11.4. The maximum absolute atomic E-state index is 4.65. The Bertz CT molecular complexity index is 372. The molecular formula is C14H24N2S. The van der Waals surface area contributed by atoms with Crippen molar-refractivity contribution in [3.05, 3.63) is 15.6 Å². The van der Waals surface area contributed by atoms with Crippen molar-refractivity contribution in [2.24, 2.45) is 5.92 Å². The van der Waals surface area contributed by atoms with Crippen LogP contribution in [0.2, 0.25) is 0 Å². The van der Waals surface area contributed by atoms with Crippen LogP contribution >= 0.6 is 11.3 Å². The van der Waals surface area contributed by atoms with Gasteiger partial charge in [0.15, 0.2) is 0 Å². The Morgan fingerprint density at radius 3 is 2.71 bits per heavy atom. The molecule has 0 spiro atoms. The van der Waals surface area contributed by atoms with Gasteiger partial charge in [-0.05, 0) is 39.5 Å². The van der Waals surface area contributed by atoms with E-state index in [1.54, 1.807) is 0 Å². The van der Waals surface area contributed by atoms with Gasteiger partial charge in [0.2, 0.25) is 0 Å². The standard InChI is InChI=1S/C14H24N2S/c1-9-6-5-7-13(8-9)15-10(2)14-11(3)17-12(4)16-14/h9-10,13,15H,5-8H2,1-4H3. The monoisotopic (exact) mass is 252 g/mol. The molecule has 0 bridgehead atoms. The molecule has 3 heteroatoms. The first kappa shape index (κ1) is 13.0. The third-order valence-corrected chi connectivity index (χ3v) is 4.67.